The Bertz CT molecular complexity index is 1500. The second kappa shape index (κ2) is 12.9. The molecule has 0 saturated carbocycles. The Morgan fingerprint density at radius 1 is 0.891 bits per heavy atom. The van der Waals surface area contributed by atoms with E-state index in [1.807, 2.05) is 86.7 Å². The van der Waals surface area contributed by atoms with Crippen molar-refractivity contribution in [2.45, 2.75) is 57.9 Å². The van der Waals surface area contributed by atoms with Crippen LogP contribution in [-0.4, -0.2) is 90.9 Å². The van der Waals surface area contributed by atoms with Gasteiger partial charge in [0.25, 0.3) is 5.91 Å². The molecule has 46 heavy (non-hydrogen) atoms. The van der Waals surface area contributed by atoms with Crippen LogP contribution in [0, 0.1) is 11.8 Å². The predicted octanol–water partition coefficient (Wildman–Crippen LogP) is 3.79. The Labute approximate surface area is 270 Å². The summed E-state index contributed by atoms with van der Waals surface area (Å²) < 4.78 is 12.4. The number of carbonyl (C=O) groups excluding carboxylic acids is 3. The quantitative estimate of drug-likeness (QED) is 0.400. The molecule has 1 spiro atoms. The van der Waals surface area contributed by atoms with Crippen LogP contribution < -0.4 is 19.4 Å². The summed E-state index contributed by atoms with van der Waals surface area (Å²) in [6.45, 7) is 10.6. The van der Waals surface area contributed by atoms with Crippen molar-refractivity contribution >= 4 is 34.8 Å². The molecule has 1 unspecified atom stereocenters. The molecule has 2 saturated heterocycles. The molecule has 0 aromatic heterocycles. The minimum Gasteiger partial charge on any atom is -0.494 e. The van der Waals surface area contributed by atoms with E-state index in [2.05, 4.69) is 18.7 Å². The maximum atomic E-state index is 14.7. The van der Waals surface area contributed by atoms with Crippen molar-refractivity contribution in [3.8, 4) is 5.75 Å². The molecule has 6 rings (SSSR count). The largest absolute Gasteiger partial charge is 0.494 e. The Hall–Kier alpha value is -4.15. The normalized spacial score (nSPS) is 27.7. The van der Waals surface area contributed by atoms with Gasteiger partial charge in [-0.25, -0.2) is 0 Å². The molecule has 4 aliphatic rings. The van der Waals surface area contributed by atoms with Crippen LogP contribution >= 0.6 is 0 Å². The Morgan fingerprint density at radius 2 is 1.52 bits per heavy atom. The van der Waals surface area contributed by atoms with Crippen molar-refractivity contribution in [1.29, 1.82) is 0 Å². The van der Waals surface area contributed by atoms with Crippen molar-refractivity contribution in [3.05, 3.63) is 72.8 Å². The lowest BCUT2D eigenvalue weighted by Crippen LogP contribution is -2.58. The molecule has 0 aliphatic carbocycles. The fraction of sp³-hybridized carbons (Fsp3) is 0.472. The molecular formula is C36H44N4O6. The third-order valence-corrected chi connectivity index (χ3v) is 9.92. The molecule has 0 bridgehead atoms. The van der Waals surface area contributed by atoms with Gasteiger partial charge in [-0.2, -0.15) is 0 Å². The number of aliphatic hydroxyl groups is 1. The highest BCUT2D eigenvalue weighted by Crippen LogP contribution is 2.54. The van der Waals surface area contributed by atoms with Crippen LogP contribution in [0.5, 0.6) is 5.75 Å². The van der Waals surface area contributed by atoms with E-state index in [4.69, 9.17) is 9.47 Å². The van der Waals surface area contributed by atoms with Crippen LogP contribution in [0.3, 0.4) is 0 Å². The minimum absolute atomic E-state index is 0.235. The zero-order valence-corrected chi connectivity index (χ0v) is 27.0. The molecule has 2 fully saturated rings. The van der Waals surface area contributed by atoms with Crippen molar-refractivity contribution in [1.82, 2.24) is 4.90 Å². The molecule has 2 aromatic rings. The van der Waals surface area contributed by atoms with Gasteiger partial charge in [0.2, 0.25) is 11.8 Å². The van der Waals surface area contributed by atoms with E-state index < -0.39 is 35.6 Å². The number of rotatable bonds is 10. The monoisotopic (exact) mass is 628 g/mol. The fourth-order valence-electron chi connectivity index (χ4n) is 7.67. The summed E-state index contributed by atoms with van der Waals surface area (Å²) in [5.74, 6) is -1.95. The summed E-state index contributed by atoms with van der Waals surface area (Å²) in [6, 6.07) is 13.5. The molecule has 2 aromatic carbocycles. The summed E-state index contributed by atoms with van der Waals surface area (Å²) in [4.78, 5) is 50.8. The second-order valence-electron chi connectivity index (χ2n) is 12.2. The predicted molar refractivity (Wildman–Crippen MR) is 177 cm³/mol. The molecule has 1 N–H and O–H groups in total. The highest BCUT2D eigenvalue weighted by Gasteiger charge is 2.72. The van der Waals surface area contributed by atoms with Crippen LogP contribution in [0.1, 0.15) is 34.1 Å². The molecule has 4 aliphatic heterocycles. The summed E-state index contributed by atoms with van der Waals surface area (Å²) in [7, 11) is 0. The fourth-order valence-corrected chi connectivity index (χ4v) is 7.67. The standard InChI is InChI=1S/C36H44N4O6/c1-5-24(23-41)40-32-35(44)39(26-14-12-25(13-15-26)37(6-2)7-3)22-10-20-36(32)31(34(40)43)30-29(46-36)11-9-21-38(33(30)42)27-16-18-28(19-17-27)45-8-4/h9-20,24,29-32,41H,5-8,21-23H2,1-4H3/t24-,29-,30+,31-,32?,36-/m0/s1. The number of aliphatic hydroxyl groups excluding tert-OH is 1. The van der Waals surface area contributed by atoms with Crippen molar-refractivity contribution in [3.63, 3.8) is 0 Å². The van der Waals surface area contributed by atoms with Gasteiger partial charge in [0, 0.05) is 43.2 Å². The first-order chi connectivity index (χ1) is 22.3. The first kappa shape index (κ1) is 31.8. The molecular weight excluding hydrogens is 584 g/mol. The van der Waals surface area contributed by atoms with E-state index in [-0.39, 0.29) is 30.9 Å². The van der Waals surface area contributed by atoms with Crippen molar-refractivity contribution in [2.75, 3.05) is 54.1 Å². The van der Waals surface area contributed by atoms with Gasteiger partial charge in [-0.05, 0) is 75.7 Å². The number of anilines is 3. The zero-order valence-electron chi connectivity index (χ0n) is 27.0. The van der Waals surface area contributed by atoms with Gasteiger partial charge in [0.15, 0.2) is 0 Å². The topological polar surface area (TPSA) is 103 Å². The number of ether oxygens (including phenoxy) is 2. The molecule has 10 nitrogen and oxygen atoms in total. The summed E-state index contributed by atoms with van der Waals surface area (Å²) in [5, 5.41) is 10.4. The van der Waals surface area contributed by atoms with Gasteiger partial charge in [-0.1, -0.05) is 31.2 Å². The number of fused-ring (bicyclic) bond motifs is 2. The van der Waals surface area contributed by atoms with Crippen LogP contribution in [0.4, 0.5) is 17.1 Å². The Balaban J connectivity index is 1.39. The maximum absolute atomic E-state index is 14.7. The Kier molecular flexibility index (Phi) is 8.94. The smallest absolute Gasteiger partial charge is 0.253 e. The van der Waals surface area contributed by atoms with Crippen LogP contribution in [-0.2, 0) is 19.1 Å². The molecule has 244 valence electrons. The molecule has 4 heterocycles. The molecule has 3 amide bonds. The van der Waals surface area contributed by atoms with E-state index in [0.717, 1.165) is 18.8 Å². The maximum Gasteiger partial charge on any atom is 0.253 e. The van der Waals surface area contributed by atoms with Crippen LogP contribution in [0.25, 0.3) is 0 Å². The van der Waals surface area contributed by atoms with E-state index in [1.54, 1.807) is 9.80 Å². The summed E-state index contributed by atoms with van der Waals surface area (Å²) >= 11 is 0. The lowest BCUT2D eigenvalue weighted by Gasteiger charge is -2.38. The lowest BCUT2D eigenvalue weighted by atomic mass is 9.77. The lowest BCUT2D eigenvalue weighted by molar-refractivity contribution is -0.144. The number of hydrogen-bond acceptors (Lipinski definition) is 7. The molecule has 10 heteroatoms. The summed E-state index contributed by atoms with van der Waals surface area (Å²) in [5.41, 5.74) is 1.09. The van der Waals surface area contributed by atoms with Crippen molar-refractivity contribution in [2.24, 2.45) is 11.8 Å². The molecule has 6 atom stereocenters. The van der Waals surface area contributed by atoms with Gasteiger partial charge in [0.05, 0.1) is 37.2 Å². The van der Waals surface area contributed by atoms with Gasteiger partial charge in [-0.15, -0.1) is 0 Å². The van der Waals surface area contributed by atoms with Gasteiger partial charge in [0.1, 0.15) is 17.4 Å². The number of hydrogen-bond donors (Lipinski definition) is 1. The highest BCUT2D eigenvalue weighted by atomic mass is 16.5. The third-order valence-electron chi connectivity index (χ3n) is 9.92. The van der Waals surface area contributed by atoms with Gasteiger partial charge in [-0.3, -0.25) is 14.4 Å². The van der Waals surface area contributed by atoms with Crippen LogP contribution in [0.2, 0.25) is 0 Å². The third kappa shape index (κ3) is 5.08. The minimum atomic E-state index is -1.37. The number of nitrogens with zero attached hydrogens (tertiary/aromatic N) is 4. The van der Waals surface area contributed by atoms with Gasteiger partial charge >= 0.3 is 0 Å². The SMILES string of the molecule is CCOc1ccc(N2CC=C[C@@H]3O[C@]45C=CCN(c6ccc(N(CC)CC)cc6)C(=O)C4N([C@@H](CC)CO)C(=O)[C@@H]5[C@@H]3C2=O)cc1. The summed E-state index contributed by atoms with van der Waals surface area (Å²) in [6.07, 6.45) is 7.22. The first-order valence-electron chi connectivity index (χ1n) is 16.5. The van der Waals surface area contributed by atoms with Gasteiger partial charge < -0.3 is 34.2 Å². The molecule has 0 radical (unpaired) electrons. The van der Waals surface area contributed by atoms with E-state index in [0.29, 0.717) is 36.7 Å². The van der Waals surface area contributed by atoms with E-state index in [9.17, 15) is 19.5 Å². The number of amides is 3. The zero-order chi connectivity index (χ0) is 32.6. The van der Waals surface area contributed by atoms with E-state index >= 15 is 0 Å². The van der Waals surface area contributed by atoms with E-state index in [1.165, 1.54) is 4.90 Å². The number of likely N-dealkylation sites (tertiary alicyclic amines) is 1. The average Bonchev–Trinajstić information content (AvgIpc) is 3.38. The highest BCUT2D eigenvalue weighted by molar-refractivity contribution is 6.07. The van der Waals surface area contributed by atoms with Crippen LogP contribution in [0.15, 0.2) is 72.8 Å². The average molecular weight is 629 g/mol. The second-order valence-corrected chi connectivity index (χ2v) is 12.2. The van der Waals surface area contributed by atoms with Crippen molar-refractivity contribution < 1.29 is 29.0 Å². The first-order valence-corrected chi connectivity index (χ1v) is 16.5. The number of benzene rings is 2. The number of carbonyl (C=O) groups is 3. The Morgan fingerprint density at radius 3 is 2.13 bits per heavy atom.